The molecule has 126 valence electrons. The van der Waals surface area contributed by atoms with Gasteiger partial charge in [-0.15, -0.1) is 6.58 Å². The number of allylic oxidation sites excluding steroid dienone is 2. The van der Waals surface area contributed by atoms with Crippen LogP contribution in [0.4, 0.5) is 4.39 Å². The van der Waals surface area contributed by atoms with Gasteiger partial charge in [-0.1, -0.05) is 36.4 Å². The van der Waals surface area contributed by atoms with Gasteiger partial charge in [0.2, 0.25) is 0 Å². The number of aliphatic hydroxyl groups excluding tert-OH is 1. The van der Waals surface area contributed by atoms with Crippen LogP contribution in [0.5, 0.6) is 0 Å². The van der Waals surface area contributed by atoms with Gasteiger partial charge < -0.3 is 5.11 Å². The number of hydrogen-bond donors (Lipinski definition) is 1. The van der Waals surface area contributed by atoms with Crippen LogP contribution in [0.15, 0.2) is 55.3 Å². The van der Waals surface area contributed by atoms with Crippen molar-refractivity contribution in [2.24, 2.45) is 0 Å². The van der Waals surface area contributed by atoms with E-state index in [4.69, 9.17) is 0 Å². The molecule has 1 N–H and O–H groups in total. The van der Waals surface area contributed by atoms with Crippen molar-refractivity contribution in [1.29, 1.82) is 0 Å². The summed E-state index contributed by atoms with van der Waals surface area (Å²) in [7, 11) is 0. The van der Waals surface area contributed by atoms with Crippen LogP contribution >= 0.6 is 0 Å². The van der Waals surface area contributed by atoms with Gasteiger partial charge in [-0.2, -0.15) is 0 Å². The first-order chi connectivity index (χ1) is 11.6. The molecule has 1 aromatic heterocycles. The zero-order valence-corrected chi connectivity index (χ0v) is 14.1. The van der Waals surface area contributed by atoms with E-state index in [2.05, 4.69) is 11.6 Å². The van der Waals surface area contributed by atoms with E-state index in [1.807, 2.05) is 30.4 Å². The second kappa shape index (κ2) is 9.14. The summed E-state index contributed by atoms with van der Waals surface area (Å²) in [6, 6.07) is 9.12. The van der Waals surface area contributed by atoms with Crippen molar-refractivity contribution in [1.82, 2.24) is 4.98 Å². The average Bonchev–Trinajstić information content (AvgIpc) is 2.56. The van der Waals surface area contributed by atoms with E-state index in [1.54, 1.807) is 31.3 Å². The normalized spacial score (nSPS) is 12.5. The van der Waals surface area contributed by atoms with Gasteiger partial charge in [0.15, 0.2) is 0 Å². The smallest absolute Gasteiger partial charge is 0.131 e. The molecule has 0 amide bonds. The number of halogens is 1. The van der Waals surface area contributed by atoms with Crippen molar-refractivity contribution in [2.75, 3.05) is 0 Å². The molecule has 0 saturated heterocycles. The minimum absolute atomic E-state index is 0.241. The van der Waals surface area contributed by atoms with Gasteiger partial charge in [0, 0.05) is 29.4 Å². The number of rotatable bonds is 8. The van der Waals surface area contributed by atoms with Crippen molar-refractivity contribution < 1.29 is 9.50 Å². The first-order valence-electron chi connectivity index (χ1n) is 8.30. The van der Waals surface area contributed by atoms with Crippen LogP contribution in [0.25, 0.3) is 17.2 Å². The third kappa shape index (κ3) is 5.43. The first-order valence-corrected chi connectivity index (χ1v) is 8.30. The molecule has 0 aliphatic rings. The molecule has 3 heteroatoms. The number of benzene rings is 1. The first kappa shape index (κ1) is 18.1. The summed E-state index contributed by atoms with van der Waals surface area (Å²) in [5.74, 6) is -0.241. The monoisotopic (exact) mass is 325 g/mol. The SMILES string of the molecule is C=CCc1ccc(-c2ccc(/C=C/CCCC(C)O)c(F)c2)cn1. The van der Waals surface area contributed by atoms with E-state index in [0.29, 0.717) is 5.56 Å². The number of hydrogen-bond acceptors (Lipinski definition) is 2. The molecule has 1 atom stereocenters. The minimum Gasteiger partial charge on any atom is -0.393 e. The second-order valence-electron chi connectivity index (χ2n) is 5.95. The number of aliphatic hydroxyl groups is 1. The zero-order valence-electron chi connectivity index (χ0n) is 14.1. The van der Waals surface area contributed by atoms with Crippen LogP contribution in [0, 0.1) is 5.82 Å². The van der Waals surface area contributed by atoms with Crippen LogP contribution in [0.1, 0.15) is 37.4 Å². The molecule has 2 aromatic rings. The van der Waals surface area contributed by atoms with Crippen molar-refractivity contribution in [3.63, 3.8) is 0 Å². The molecule has 2 rings (SSSR count). The average molecular weight is 325 g/mol. The summed E-state index contributed by atoms with van der Waals surface area (Å²) >= 11 is 0. The molecule has 0 spiro atoms. The summed E-state index contributed by atoms with van der Waals surface area (Å²) in [6.45, 7) is 5.47. The predicted molar refractivity (Wildman–Crippen MR) is 98.1 cm³/mol. The molecular formula is C21H24FNO. The van der Waals surface area contributed by atoms with Gasteiger partial charge in [0.05, 0.1) is 6.10 Å². The summed E-state index contributed by atoms with van der Waals surface area (Å²) in [5.41, 5.74) is 3.24. The van der Waals surface area contributed by atoms with Crippen LogP contribution in [0.3, 0.4) is 0 Å². The van der Waals surface area contributed by atoms with Crippen LogP contribution < -0.4 is 0 Å². The van der Waals surface area contributed by atoms with E-state index in [0.717, 1.165) is 42.5 Å². The molecule has 0 bridgehead atoms. The number of nitrogens with zero attached hydrogens (tertiary/aromatic N) is 1. The Morgan fingerprint density at radius 3 is 2.67 bits per heavy atom. The topological polar surface area (TPSA) is 33.1 Å². The minimum atomic E-state index is -0.277. The summed E-state index contributed by atoms with van der Waals surface area (Å²) in [5, 5.41) is 9.20. The van der Waals surface area contributed by atoms with Gasteiger partial charge in [-0.05, 0) is 43.9 Å². The fourth-order valence-corrected chi connectivity index (χ4v) is 2.45. The lowest BCUT2D eigenvalue weighted by atomic mass is 10.0. The van der Waals surface area contributed by atoms with Crippen molar-refractivity contribution >= 4 is 6.08 Å². The molecule has 0 fully saturated rings. The summed E-state index contributed by atoms with van der Waals surface area (Å²) in [4.78, 5) is 4.35. The highest BCUT2D eigenvalue weighted by atomic mass is 19.1. The molecular weight excluding hydrogens is 301 g/mol. The van der Waals surface area contributed by atoms with Gasteiger partial charge in [0.1, 0.15) is 5.82 Å². The Hall–Kier alpha value is -2.26. The molecule has 0 radical (unpaired) electrons. The van der Waals surface area contributed by atoms with E-state index in [9.17, 15) is 9.50 Å². The number of pyridine rings is 1. The highest BCUT2D eigenvalue weighted by Gasteiger charge is 2.04. The van der Waals surface area contributed by atoms with Crippen LogP contribution in [0.2, 0.25) is 0 Å². The Bertz CT molecular complexity index is 689. The molecule has 1 unspecified atom stereocenters. The molecule has 1 aromatic carbocycles. The molecule has 2 nitrogen and oxygen atoms in total. The lowest BCUT2D eigenvalue weighted by Gasteiger charge is -2.05. The van der Waals surface area contributed by atoms with E-state index in [-0.39, 0.29) is 11.9 Å². The van der Waals surface area contributed by atoms with E-state index in [1.165, 1.54) is 0 Å². The third-order valence-electron chi connectivity index (χ3n) is 3.80. The predicted octanol–water partition coefficient (Wildman–Crippen LogP) is 5.18. The van der Waals surface area contributed by atoms with Gasteiger partial charge in [-0.3, -0.25) is 4.98 Å². The molecule has 0 aliphatic heterocycles. The Morgan fingerprint density at radius 2 is 2.04 bits per heavy atom. The third-order valence-corrected chi connectivity index (χ3v) is 3.80. The van der Waals surface area contributed by atoms with E-state index < -0.39 is 0 Å². The summed E-state index contributed by atoms with van der Waals surface area (Å²) < 4.78 is 14.2. The second-order valence-corrected chi connectivity index (χ2v) is 5.95. The highest BCUT2D eigenvalue weighted by molar-refractivity contribution is 5.65. The lowest BCUT2D eigenvalue weighted by Crippen LogP contribution is -1.97. The number of unbranched alkanes of at least 4 members (excludes halogenated alkanes) is 1. The maximum absolute atomic E-state index is 14.2. The maximum Gasteiger partial charge on any atom is 0.131 e. The molecule has 0 saturated carbocycles. The molecule has 0 aliphatic carbocycles. The van der Waals surface area contributed by atoms with Gasteiger partial charge in [-0.25, -0.2) is 4.39 Å². The van der Waals surface area contributed by atoms with E-state index >= 15 is 0 Å². The van der Waals surface area contributed by atoms with Gasteiger partial charge >= 0.3 is 0 Å². The Labute approximate surface area is 143 Å². The number of aromatic nitrogens is 1. The molecule has 1 heterocycles. The highest BCUT2D eigenvalue weighted by Crippen LogP contribution is 2.22. The Balaban J connectivity index is 2.03. The maximum atomic E-state index is 14.2. The molecule has 24 heavy (non-hydrogen) atoms. The fourth-order valence-electron chi connectivity index (χ4n) is 2.45. The van der Waals surface area contributed by atoms with Gasteiger partial charge in [0.25, 0.3) is 0 Å². The largest absolute Gasteiger partial charge is 0.393 e. The Morgan fingerprint density at radius 1 is 1.25 bits per heavy atom. The standard InChI is InChI=1S/C21H24FNO/c1-3-7-20-13-12-19(15-23-20)18-11-10-17(21(22)14-18)9-6-4-5-8-16(2)24/h3,6,9-16,24H,1,4-5,7-8H2,2H3/b9-6+. The van der Waals surface area contributed by atoms with Crippen LogP contribution in [-0.4, -0.2) is 16.2 Å². The zero-order chi connectivity index (χ0) is 17.4. The Kier molecular flexibility index (Phi) is 6.89. The quantitative estimate of drug-likeness (QED) is 0.536. The van der Waals surface area contributed by atoms with Crippen molar-refractivity contribution in [3.8, 4) is 11.1 Å². The fraction of sp³-hybridized carbons (Fsp3) is 0.286. The lowest BCUT2D eigenvalue weighted by molar-refractivity contribution is 0.182. The summed E-state index contributed by atoms with van der Waals surface area (Å²) in [6.07, 6.45) is 10.3. The van der Waals surface area contributed by atoms with Crippen molar-refractivity contribution in [2.45, 2.75) is 38.7 Å². The van der Waals surface area contributed by atoms with Crippen molar-refractivity contribution in [3.05, 3.63) is 72.3 Å². The van der Waals surface area contributed by atoms with Crippen LogP contribution in [-0.2, 0) is 6.42 Å².